The first-order valence-corrected chi connectivity index (χ1v) is 15.9. The summed E-state index contributed by atoms with van der Waals surface area (Å²) in [4.78, 5) is 38.1. The number of pyridine rings is 4. The summed E-state index contributed by atoms with van der Waals surface area (Å²) in [6, 6.07) is 24.1. The van der Waals surface area contributed by atoms with E-state index in [2.05, 4.69) is 81.7 Å². The Kier molecular flexibility index (Phi) is 9.38. The summed E-state index contributed by atoms with van der Waals surface area (Å²) < 4.78 is 0. The van der Waals surface area contributed by atoms with Crippen molar-refractivity contribution in [2.75, 3.05) is 0 Å². The van der Waals surface area contributed by atoms with Gasteiger partial charge in [0.2, 0.25) is 0 Å². The van der Waals surface area contributed by atoms with Crippen LogP contribution >= 0.6 is 0 Å². The van der Waals surface area contributed by atoms with Crippen LogP contribution in [0.25, 0.3) is 90.9 Å². The second-order valence-corrected chi connectivity index (χ2v) is 11.3. The molecule has 0 radical (unpaired) electrons. The van der Waals surface area contributed by atoms with Gasteiger partial charge >= 0.3 is 16.8 Å². The fourth-order valence-electron chi connectivity index (χ4n) is 6.34. The van der Waals surface area contributed by atoms with Crippen molar-refractivity contribution in [3.05, 3.63) is 158 Å². The van der Waals surface area contributed by atoms with Crippen molar-refractivity contribution in [1.29, 1.82) is 0 Å². The van der Waals surface area contributed by atoms with Crippen LogP contribution in [-0.2, 0) is 16.8 Å². The van der Waals surface area contributed by atoms with Gasteiger partial charge in [0.05, 0.1) is 22.8 Å². The van der Waals surface area contributed by atoms with E-state index in [0.717, 1.165) is 89.4 Å². The summed E-state index contributed by atoms with van der Waals surface area (Å²) in [5.41, 5.74) is 13.9. The summed E-state index contributed by atoms with van der Waals surface area (Å²) in [6.07, 6.45) is 22.5. The van der Waals surface area contributed by atoms with E-state index in [1.807, 2.05) is 48.5 Å². The Bertz CT molecular complexity index is 2210. The average Bonchev–Trinajstić information content (AvgIpc) is 4.02. The Labute approximate surface area is 304 Å². The summed E-state index contributed by atoms with van der Waals surface area (Å²) >= 11 is 0. The van der Waals surface area contributed by atoms with Crippen LogP contribution in [0.4, 0.5) is 0 Å². The molecule has 8 bridgehead atoms. The van der Waals surface area contributed by atoms with E-state index in [9.17, 15) is 0 Å². The molecule has 0 amide bonds. The third kappa shape index (κ3) is 6.23. The predicted octanol–water partition coefficient (Wildman–Crippen LogP) is 8.76. The zero-order valence-electron chi connectivity index (χ0n) is 27.1. The number of rotatable bonds is 4. The molecule has 244 valence electrons. The molecular weight excluding hydrogens is 675 g/mol. The molecule has 7 aromatic heterocycles. The molecule has 0 saturated carbocycles. The molecular formula is C42H27CoN8. The number of hydrogen-bond acceptors (Lipinski definition) is 6. The van der Waals surface area contributed by atoms with Gasteiger partial charge in [0.15, 0.2) is 0 Å². The smallest absolute Gasteiger partial charge is 0.657 e. The van der Waals surface area contributed by atoms with Crippen LogP contribution in [0.15, 0.2) is 129 Å². The molecule has 9 rings (SSSR count). The van der Waals surface area contributed by atoms with Crippen molar-refractivity contribution in [2.45, 2.75) is 0 Å². The van der Waals surface area contributed by atoms with Gasteiger partial charge in [-0.1, -0.05) is 24.3 Å². The normalized spacial score (nSPS) is 11.4. The van der Waals surface area contributed by atoms with Gasteiger partial charge in [0.1, 0.15) is 0 Å². The topological polar surface area (TPSA) is 106 Å². The van der Waals surface area contributed by atoms with Crippen LogP contribution < -0.4 is 9.97 Å². The van der Waals surface area contributed by atoms with E-state index < -0.39 is 0 Å². The van der Waals surface area contributed by atoms with Gasteiger partial charge in [-0.3, -0.25) is 26.5 Å². The van der Waals surface area contributed by atoms with Crippen LogP contribution in [0.1, 0.15) is 22.8 Å². The van der Waals surface area contributed by atoms with E-state index in [-0.39, 0.29) is 16.8 Å². The average molecular weight is 703 g/mol. The van der Waals surface area contributed by atoms with Gasteiger partial charge in [-0.25, -0.2) is 9.97 Å². The summed E-state index contributed by atoms with van der Waals surface area (Å²) in [7, 11) is 0. The first-order chi connectivity index (χ1) is 24.8. The minimum absolute atomic E-state index is 0. The Morgan fingerprint density at radius 1 is 0.353 bits per heavy atom. The Morgan fingerprint density at radius 3 is 0.784 bits per heavy atom. The maximum absolute atomic E-state index is 5.25. The molecule has 0 fully saturated rings. The molecule has 0 atom stereocenters. The van der Waals surface area contributed by atoms with Gasteiger partial charge in [-0.15, -0.1) is 22.1 Å². The fourth-order valence-corrected chi connectivity index (χ4v) is 6.34. The van der Waals surface area contributed by atoms with Crippen LogP contribution in [-0.4, -0.2) is 29.9 Å². The molecule has 9 heterocycles. The van der Waals surface area contributed by atoms with Gasteiger partial charge in [0, 0.05) is 49.6 Å². The zero-order chi connectivity index (χ0) is 33.9. The minimum Gasteiger partial charge on any atom is -0.657 e. The van der Waals surface area contributed by atoms with Crippen molar-refractivity contribution >= 4 is 46.4 Å². The SMILES string of the molecule is C1=Cc2nc1c(-c1ccncc1)c1ccc([n-]1)c(-c1ccncc1)c1nc(c(-c3ccncc3)c3ccc([n-]3)c2-c2ccncc2)C=C1.[CH-]=C.[Co+3]. The first-order valence-electron chi connectivity index (χ1n) is 15.9. The van der Waals surface area contributed by atoms with Crippen molar-refractivity contribution in [2.24, 2.45) is 0 Å². The molecule has 51 heavy (non-hydrogen) atoms. The number of fused-ring (bicyclic) bond motifs is 8. The largest absolute Gasteiger partial charge is 3.00 e. The summed E-state index contributed by atoms with van der Waals surface area (Å²) in [5.74, 6) is 0. The van der Waals surface area contributed by atoms with Crippen LogP contribution in [0, 0.1) is 6.58 Å². The molecule has 2 aliphatic rings. The van der Waals surface area contributed by atoms with Gasteiger partial charge in [-0.05, 0) is 117 Å². The maximum atomic E-state index is 5.25. The van der Waals surface area contributed by atoms with Crippen LogP contribution in [0.3, 0.4) is 0 Å². The molecule has 0 aromatic carbocycles. The monoisotopic (exact) mass is 702 g/mol. The van der Waals surface area contributed by atoms with Crippen molar-refractivity contribution in [3.8, 4) is 44.5 Å². The molecule has 7 aromatic rings. The molecule has 0 unspecified atom stereocenters. The van der Waals surface area contributed by atoms with E-state index in [4.69, 9.17) is 19.9 Å². The zero-order valence-corrected chi connectivity index (χ0v) is 28.1. The number of nitrogens with zero attached hydrogens (tertiary/aromatic N) is 8. The predicted molar refractivity (Wildman–Crippen MR) is 200 cm³/mol. The second kappa shape index (κ2) is 14.5. The fraction of sp³-hybridized carbons (Fsp3) is 0. The van der Waals surface area contributed by atoms with E-state index in [0.29, 0.717) is 0 Å². The minimum atomic E-state index is 0. The quantitative estimate of drug-likeness (QED) is 0.168. The van der Waals surface area contributed by atoms with E-state index in [1.54, 1.807) is 49.6 Å². The molecule has 8 nitrogen and oxygen atoms in total. The van der Waals surface area contributed by atoms with E-state index >= 15 is 0 Å². The summed E-state index contributed by atoms with van der Waals surface area (Å²) in [6.45, 7) is 7.00. The van der Waals surface area contributed by atoms with Crippen molar-refractivity contribution in [1.82, 2.24) is 39.9 Å². The van der Waals surface area contributed by atoms with Crippen molar-refractivity contribution < 1.29 is 16.8 Å². The molecule has 0 N–H and O–H groups in total. The Hall–Kier alpha value is -6.55. The van der Waals surface area contributed by atoms with Gasteiger partial charge < -0.3 is 16.5 Å². The third-order valence-corrected chi connectivity index (χ3v) is 8.49. The Balaban J connectivity index is 0.00000133. The van der Waals surface area contributed by atoms with Crippen molar-refractivity contribution in [3.63, 3.8) is 0 Å². The van der Waals surface area contributed by atoms with Gasteiger partial charge in [0.25, 0.3) is 0 Å². The number of aromatic nitrogens is 8. The Morgan fingerprint density at radius 2 is 0.569 bits per heavy atom. The summed E-state index contributed by atoms with van der Waals surface area (Å²) in [5, 5.41) is 0. The first kappa shape index (κ1) is 33.0. The third-order valence-electron chi connectivity index (χ3n) is 8.49. The molecule has 0 aliphatic carbocycles. The van der Waals surface area contributed by atoms with Crippen LogP contribution in [0.5, 0.6) is 0 Å². The number of hydrogen-bond donors (Lipinski definition) is 0. The van der Waals surface area contributed by atoms with Crippen LogP contribution in [0.2, 0.25) is 0 Å². The second-order valence-electron chi connectivity index (χ2n) is 11.3. The van der Waals surface area contributed by atoms with E-state index in [1.165, 1.54) is 0 Å². The van der Waals surface area contributed by atoms with Gasteiger partial charge in [-0.2, -0.15) is 0 Å². The molecule has 0 spiro atoms. The standard InChI is InChI=1S/C40H24N8.C2H3.Co/c1-2-30-38(26-11-19-42-20-12-26)32-5-6-34(47-32)40(28-15-23-44-24-16-28)36-8-7-35(48-36)39(27-13-21-43-22-14-27)33-4-3-31(46-33)37(29(1)45-30)25-9-17-41-18-10-25;1-2;/h1-24H;1H,2H2;/q-2;-1;+3. The maximum Gasteiger partial charge on any atom is 3.00 e. The molecule has 9 heteroatoms. The molecule has 0 saturated heterocycles. The molecule has 2 aliphatic heterocycles.